The molecule has 0 saturated carbocycles. The number of carbonyl (C=O) groups excluding carboxylic acids is 1. The molecule has 3 heterocycles. The highest BCUT2D eigenvalue weighted by Crippen LogP contribution is 2.29. The van der Waals surface area contributed by atoms with Crippen molar-refractivity contribution >= 4 is 22.8 Å². The number of hydrogen-bond acceptors (Lipinski definition) is 5. The first kappa shape index (κ1) is 20.2. The molecule has 0 unspecified atom stereocenters. The molecule has 0 N–H and O–H groups in total. The number of rotatable bonds is 3. The highest BCUT2D eigenvalue weighted by Gasteiger charge is 2.26. The molecule has 1 amide bonds. The first-order valence-electron chi connectivity index (χ1n) is 10.9. The van der Waals surface area contributed by atoms with Crippen LogP contribution >= 0.6 is 0 Å². The average molecular weight is 427 g/mol. The monoisotopic (exact) mass is 426 g/mol. The van der Waals surface area contributed by atoms with Crippen LogP contribution in [0.15, 0.2) is 54.6 Å². The molecular formula is C25H26N6O. The van der Waals surface area contributed by atoms with Gasteiger partial charge in [-0.2, -0.15) is 5.10 Å². The molecule has 0 bridgehead atoms. The number of anilines is 1. The van der Waals surface area contributed by atoms with Gasteiger partial charge < -0.3 is 9.80 Å². The van der Waals surface area contributed by atoms with E-state index in [0.29, 0.717) is 18.9 Å². The number of piperazine rings is 1. The van der Waals surface area contributed by atoms with Crippen molar-refractivity contribution in [3.63, 3.8) is 0 Å². The third-order valence-corrected chi connectivity index (χ3v) is 5.96. The second-order valence-corrected chi connectivity index (χ2v) is 8.27. The summed E-state index contributed by atoms with van der Waals surface area (Å²) in [4.78, 5) is 26.5. The lowest BCUT2D eigenvalue weighted by atomic mass is 10.1. The van der Waals surface area contributed by atoms with Gasteiger partial charge in [-0.1, -0.05) is 35.9 Å². The second kappa shape index (κ2) is 8.07. The number of aromatic nitrogens is 4. The number of fused-ring (bicyclic) bond motifs is 1. The van der Waals surface area contributed by atoms with Crippen molar-refractivity contribution in [2.24, 2.45) is 0 Å². The van der Waals surface area contributed by atoms with Crippen LogP contribution in [-0.4, -0.2) is 56.7 Å². The Kier molecular flexibility index (Phi) is 5.09. The molecule has 5 rings (SSSR count). The summed E-state index contributed by atoms with van der Waals surface area (Å²) in [7, 11) is 0. The van der Waals surface area contributed by atoms with Crippen LogP contribution < -0.4 is 4.90 Å². The van der Waals surface area contributed by atoms with Gasteiger partial charge in [-0.25, -0.2) is 14.6 Å². The number of amides is 1. The fraction of sp³-hybridized carbons (Fsp3) is 0.280. The summed E-state index contributed by atoms with van der Waals surface area (Å²) < 4.78 is 1.90. The Bertz CT molecular complexity index is 1270. The minimum atomic E-state index is 0.0811. The molecule has 7 nitrogen and oxygen atoms in total. The summed E-state index contributed by atoms with van der Waals surface area (Å²) >= 11 is 0. The number of carbonyl (C=O) groups is 1. The quantitative estimate of drug-likeness (QED) is 0.500. The van der Waals surface area contributed by atoms with Crippen molar-refractivity contribution in [3.8, 4) is 5.69 Å². The maximum Gasteiger partial charge on any atom is 0.253 e. The van der Waals surface area contributed by atoms with Gasteiger partial charge in [0.2, 0.25) is 0 Å². The lowest BCUT2D eigenvalue weighted by molar-refractivity contribution is 0.0746. The molecule has 1 aliphatic heterocycles. The fourth-order valence-electron chi connectivity index (χ4n) is 4.25. The van der Waals surface area contributed by atoms with Crippen LogP contribution in [0.25, 0.3) is 16.7 Å². The van der Waals surface area contributed by atoms with E-state index in [9.17, 15) is 4.79 Å². The van der Waals surface area contributed by atoms with Crippen LogP contribution in [-0.2, 0) is 0 Å². The topological polar surface area (TPSA) is 67.2 Å². The number of hydrogen-bond donors (Lipinski definition) is 0. The molecule has 0 aliphatic carbocycles. The van der Waals surface area contributed by atoms with E-state index >= 15 is 0 Å². The molecule has 1 saturated heterocycles. The van der Waals surface area contributed by atoms with Crippen LogP contribution in [0.1, 0.15) is 27.4 Å². The SMILES string of the molecule is Cc1ccc(-n2nc(C)c3c(N4CCN(C(=O)c5ccccc5)CC4)nc(C)nc32)cc1. The Hall–Kier alpha value is -3.74. The van der Waals surface area contributed by atoms with Crippen LogP contribution in [0.5, 0.6) is 0 Å². The van der Waals surface area contributed by atoms with E-state index in [1.165, 1.54) is 5.56 Å². The predicted molar refractivity (Wildman–Crippen MR) is 125 cm³/mol. The first-order chi connectivity index (χ1) is 15.5. The molecule has 2 aromatic carbocycles. The molecule has 2 aromatic heterocycles. The molecule has 1 aliphatic rings. The molecule has 162 valence electrons. The van der Waals surface area contributed by atoms with Crippen LogP contribution in [0.2, 0.25) is 0 Å². The Balaban J connectivity index is 1.45. The van der Waals surface area contributed by atoms with Crippen molar-refractivity contribution in [2.45, 2.75) is 20.8 Å². The van der Waals surface area contributed by atoms with E-state index in [0.717, 1.165) is 46.9 Å². The standard InChI is InChI=1S/C25H26N6O/c1-17-9-11-21(12-10-17)31-24-22(18(2)28-31)23(26-19(3)27-24)29-13-15-30(16-14-29)25(32)20-7-5-4-6-8-20/h4-12H,13-16H2,1-3H3. The number of aryl methyl sites for hydroxylation is 3. The largest absolute Gasteiger partial charge is 0.352 e. The first-order valence-corrected chi connectivity index (χ1v) is 10.9. The molecular weight excluding hydrogens is 400 g/mol. The van der Waals surface area contributed by atoms with Crippen molar-refractivity contribution in [2.75, 3.05) is 31.1 Å². The lowest BCUT2D eigenvalue weighted by Crippen LogP contribution is -2.49. The third kappa shape index (κ3) is 3.60. The van der Waals surface area contributed by atoms with E-state index in [-0.39, 0.29) is 5.91 Å². The Morgan fingerprint density at radius 3 is 2.22 bits per heavy atom. The van der Waals surface area contributed by atoms with Gasteiger partial charge in [0.1, 0.15) is 11.6 Å². The zero-order chi connectivity index (χ0) is 22.2. The van der Waals surface area contributed by atoms with Gasteiger partial charge in [0.05, 0.1) is 16.8 Å². The van der Waals surface area contributed by atoms with Crippen molar-refractivity contribution < 1.29 is 4.79 Å². The van der Waals surface area contributed by atoms with E-state index < -0.39 is 0 Å². The van der Waals surface area contributed by atoms with E-state index in [4.69, 9.17) is 15.1 Å². The van der Waals surface area contributed by atoms with Crippen LogP contribution in [0.3, 0.4) is 0 Å². The lowest BCUT2D eigenvalue weighted by Gasteiger charge is -2.35. The summed E-state index contributed by atoms with van der Waals surface area (Å²) in [5.41, 5.74) is 4.64. The third-order valence-electron chi connectivity index (χ3n) is 5.96. The summed E-state index contributed by atoms with van der Waals surface area (Å²) in [6, 6.07) is 17.8. The molecule has 0 atom stereocenters. The Morgan fingerprint density at radius 2 is 1.53 bits per heavy atom. The van der Waals surface area contributed by atoms with Gasteiger partial charge in [0.15, 0.2) is 5.65 Å². The van der Waals surface area contributed by atoms with Gasteiger partial charge >= 0.3 is 0 Å². The van der Waals surface area contributed by atoms with Crippen LogP contribution in [0, 0.1) is 20.8 Å². The second-order valence-electron chi connectivity index (χ2n) is 8.27. The minimum absolute atomic E-state index is 0.0811. The van der Waals surface area contributed by atoms with Gasteiger partial charge in [-0.3, -0.25) is 4.79 Å². The Labute approximate surface area is 187 Å². The fourth-order valence-corrected chi connectivity index (χ4v) is 4.25. The van der Waals surface area contributed by atoms with Gasteiger partial charge in [-0.15, -0.1) is 0 Å². The molecule has 32 heavy (non-hydrogen) atoms. The maximum absolute atomic E-state index is 12.8. The number of nitrogens with zero attached hydrogens (tertiary/aromatic N) is 6. The Morgan fingerprint density at radius 1 is 0.844 bits per heavy atom. The molecule has 0 radical (unpaired) electrons. The zero-order valence-corrected chi connectivity index (χ0v) is 18.6. The summed E-state index contributed by atoms with van der Waals surface area (Å²) in [5.74, 6) is 1.69. The predicted octanol–water partition coefficient (Wildman–Crippen LogP) is 3.70. The van der Waals surface area contributed by atoms with Crippen molar-refractivity contribution in [1.82, 2.24) is 24.6 Å². The molecule has 4 aromatic rings. The van der Waals surface area contributed by atoms with Gasteiger partial charge in [0, 0.05) is 31.7 Å². The molecule has 7 heteroatoms. The van der Waals surface area contributed by atoms with Crippen LogP contribution in [0.4, 0.5) is 5.82 Å². The van der Waals surface area contributed by atoms with Gasteiger partial charge in [-0.05, 0) is 45.0 Å². The van der Waals surface area contributed by atoms with Crippen molar-refractivity contribution in [3.05, 3.63) is 77.2 Å². The van der Waals surface area contributed by atoms with E-state index in [1.807, 2.05) is 53.8 Å². The zero-order valence-electron chi connectivity index (χ0n) is 18.6. The highest BCUT2D eigenvalue weighted by atomic mass is 16.2. The van der Waals surface area contributed by atoms with E-state index in [1.54, 1.807) is 0 Å². The van der Waals surface area contributed by atoms with Gasteiger partial charge in [0.25, 0.3) is 5.91 Å². The summed E-state index contributed by atoms with van der Waals surface area (Å²) in [6.07, 6.45) is 0. The molecule has 1 fully saturated rings. The van der Waals surface area contributed by atoms with Crippen molar-refractivity contribution in [1.29, 1.82) is 0 Å². The minimum Gasteiger partial charge on any atom is -0.352 e. The molecule has 0 spiro atoms. The average Bonchev–Trinajstić information content (AvgIpc) is 3.15. The normalized spacial score (nSPS) is 14.2. The smallest absolute Gasteiger partial charge is 0.253 e. The summed E-state index contributed by atoms with van der Waals surface area (Å²) in [5, 5.41) is 5.76. The van der Waals surface area contributed by atoms with E-state index in [2.05, 4.69) is 36.1 Å². The number of benzene rings is 2. The summed E-state index contributed by atoms with van der Waals surface area (Å²) in [6.45, 7) is 8.75. The maximum atomic E-state index is 12.8. The highest BCUT2D eigenvalue weighted by molar-refractivity contribution is 5.94.